The van der Waals surface area contributed by atoms with Crippen LogP contribution >= 0.6 is 0 Å². The second-order valence-corrected chi connectivity index (χ2v) is 9.25. The maximum atomic E-state index is 12.9. The van der Waals surface area contributed by atoms with Crippen LogP contribution in [0.5, 0.6) is 5.75 Å². The van der Waals surface area contributed by atoms with Crippen molar-refractivity contribution in [2.24, 2.45) is 0 Å². The Hall–Kier alpha value is -2.38. The number of carbonyl (C=O) groups excluding carboxylic acids is 1. The molecule has 0 unspecified atom stereocenters. The highest BCUT2D eigenvalue weighted by atomic mass is 32.2. The molecule has 29 heavy (non-hydrogen) atoms. The van der Waals surface area contributed by atoms with Gasteiger partial charge in [0.15, 0.2) is 0 Å². The Bertz CT molecular complexity index is 936. The summed E-state index contributed by atoms with van der Waals surface area (Å²) in [4.78, 5) is 12.7. The van der Waals surface area contributed by atoms with Gasteiger partial charge in [0.25, 0.3) is 5.91 Å². The standard InChI is InChI=1S/C22H28N2O4S/c1-3-28-20-11-7-8-18(16-20)23-22(25)17-12-14-21(15-13-17)29(26,27)24(2)19-9-5-4-6-10-19/h7-8,11-16,19H,3-6,9-10H2,1-2H3,(H,23,25). The number of nitrogens with one attached hydrogen (secondary N) is 1. The molecular weight excluding hydrogens is 388 g/mol. The zero-order chi connectivity index (χ0) is 20.9. The van der Waals surface area contributed by atoms with E-state index in [0.717, 1.165) is 25.7 Å². The largest absolute Gasteiger partial charge is 0.494 e. The van der Waals surface area contributed by atoms with Gasteiger partial charge >= 0.3 is 0 Å². The van der Waals surface area contributed by atoms with E-state index >= 15 is 0 Å². The molecule has 3 rings (SSSR count). The first-order valence-corrected chi connectivity index (χ1v) is 11.5. The Morgan fingerprint density at radius 1 is 1.10 bits per heavy atom. The lowest BCUT2D eigenvalue weighted by Crippen LogP contribution is -2.38. The average Bonchev–Trinajstić information content (AvgIpc) is 2.74. The molecule has 0 bridgehead atoms. The minimum atomic E-state index is -3.57. The van der Waals surface area contributed by atoms with Gasteiger partial charge in [-0.25, -0.2) is 8.42 Å². The highest BCUT2D eigenvalue weighted by molar-refractivity contribution is 7.89. The topological polar surface area (TPSA) is 75.7 Å². The van der Waals surface area contributed by atoms with Crippen LogP contribution in [-0.4, -0.2) is 38.3 Å². The van der Waals surface area contributed by atoms with Gasteiger partial charge in [-0.2, -0.15) is 4.31 Å². The Morgan fingerprint density at radius 2 is 1.79 bits per heavy atom. The van der Waals surface area contributed by atoms with E-state index in [1.54, 1.807) is 37.4 Å². The van der Waals surface area contributed by atoms with Crippen LogP contribution in [0.15, 0.2) is 53.4 Å². The number of hydrogen-bond acceptors (Lipinski definition) is 4. The number of ether oxygens (including phenoxy) is 1. The normalized spacial score (nSPS) is 15.3. The molecule has 1 aliphatic rings. The Kier molecular flexibility index (Phi) is 6.92. The monoisotopic (exact) mass is 416 g/mol. The summed E-state index contributed by atoms with van der Waals surface area (Å²) in [5.41, 5.74) is 1.01. The Labute approximate surface area is 172 Å². The highest BCUT2D eigenvalue weighted by Crippen LogP contribution is 2.26. The fourth-order valence-electron chi connectivity index (χ4n) is 3.62. The van der Waals surface area contributed by atoms with Gasteiger partial charge in [0.1, 0.15) is 5.75 Å². The molecule has 2 aromatic carbocycles. The van der Waals surface area contributed by atoms with Crippen molar-refractivity contribution in [1.82, 2.24) is 4.31 Å². The van der Waals surface area contributed by atoms with Gasteiger partial charge in [-0.15, -0.1) is 0 Å². The summed E-state index contributed by atoms with van der Waals surface area (Å²) in [6.45, 7) is 2.44. The zero-order valence-corrected chi connectivity index (χ0v) is 17.7. The maximum Gasteiger partial charge on any atom is 0.255 e. The minimum Gasteiger partial charge on any atom is -0.494 e. The maximum absolute atomic E-state index is 12.9. The summed E-state index contributed by atoms with van der Waals surface area (Å²) >= 11 is 0. The van der Waals surface area contributed by atoms with Crippen molar-refractivity contribution in [3.63, 3.8) is 0 Å². The summed E-state index contributed by atoms with van der Waals surface area (Å²) in [6, 6.07) is 13.3. The van der Waals surface area contributed by atoms with E-state index in [0.29, 0.717) is 23.6 Å². The van der Waals surface area contributed by atoms with E-state index in [1.165, 1.54) is 22.9 Å². The van der Waals surface area contributed by atoms with Gasteiger partial charge in [0.05, 0.1) is 11.5 Å². The summed E-state index contributed by atoms with van der Waals surface area (Å²) in [7, 11) is -1.92. The molecule has 0 radical (unpaired) electrons. The summed E-state index contributed by atoms with van der Waals surface area (Å²) in [5.74, 6) is 0.376. The number of amides is 1. The summed E-state index contributed by atoms with van der Waals surface area (Å²) in [6.07, 6.45) is 5.10. The van der Waals surface area contributed by atoms with E-state index in [1.807, 2.05) is 13.0 Å². The number of benzene rings is 2. The lowest BCUT2D eigenvalue weighted by Gasteiger charge is -2.30. The van der Waals surface area contributed by atoms with Crippen molar-refractivity contribution < 1.29 is 17.9 Å². The van der Waals surface area contributed by atoms with E-state index in [9.17, 15) is 13.2 Å². The minimum absolute atomic E-state index is 0.0503. The van der Waals surface area contributed by atoms with Gasteiger partial charge in [0.2, 0.25) is 10.0 Å². The number of sulfonamides is 1. The van der Waals surface area contributed by atoms with E-state index in [-0.39, 0.29) is 16.8 Å². The third kappa shape index (κ3) is 5.16. The van der Waals surface area contributed by atoms with Crippen LogP contribution < -0.4 is 10.1 Å². The SMILES string of the molecule is CCOc1cccc(NC(=O)c2ccc(S(=O)(=O)N(C)C3CCCCC3)cc2)c1. The second kappa shape index (κ2) is 9.41. The number of carbonyl (C=O) groups is 1. The van der Waals surface area contributed by atoms with Gasteiger partial charge < -0.3 is 10.1 Å². The lowest BCUT2D eigenvalue weighted by atomic mass is 9.96. The molecule has 7 heteroatoms. The van der Waals surface area contributed by atoms with Crippen molar-refractivity contribution in [3.8, 4) is 5.75 Å². The van der Waals surface area contributed by atoms with E-state index < -0.39 is 10.0 Å². The average molecular weight is 417 g/mol. The third-order valence-electron chi connectivity index (χ3n) is 5.29. The molecule has 1 aliphatic carbocycles. The van der Waals surface area contributed by atoms with Crippen LogP contribution in [0.1, 0.15) is 49.4 Å². The van der Waals surface area contributed by atoms with Crippen molar-refractivity contribution in [2.75, 3.05) is 19.0 Å². The molecule has 0 atom stereocenters. The summed E-state index contributed by atoms with van der Waals surface area (Å²) < 4.78 is 32.8. The quantitative estimate of drug-likeness (QED) is 0.730. The molecule has 0 aliphatic heterocycles. The van der Waals surface area contributed by atoms with Crippen LogP contribution in [0.2, 0.25) is 0 Å². The van der Waals surface area contributed by atoms with Crippen LogP contribution in [0.3, 0.4) is 0 Å². The molecule has 2 aromatic rings. The predicted octanol–water partition coefficient (Wildman–Crippen LogP) is 4.29. The Morgan fingerprint density at radius 3 is 2.45 bits per heavy atom. The number of hydrogen-bond donors (Lipinski definition) is 1. The first kappa shape index (κ1) is 21.3. The summed E-state index contributed by atoms with van der Waals surface area (Å²) in [5, 5.41) is 2.81. The first-order valence-electron chi connectivity index (χ1n) is 10.0. The number of nitrogens with zero attached hydrogens (tertiary/aromatic N) is 1. The molecular formula is C22H28N2O4S. The molecule has 1 amide bonds. The van der Waals surface area contributed by atoms with E-state index in [2.05, 4.69) is 5.32 Å². The second-order valence-electron chi connectivity index (χ2n) is 7.25. The molecule has 6 nitrogen and oxygen atoms in total. The van der Waals surface area contributed by atoms with Crippen LogP contribution in [0.25, 0.3) is 0 Å². The van der Waals surface area contributed by atoms with Crippen molar-refractivity contribution in [1.29, 1.82) is 0 Å². The van der Waals surface area contributed by atoms with Crippen molar-refractivity contribution in [3.05, 3.63) is 54.1 Å². The third-order valence-corrected chi connectivity index (χ3v) is 7.21. The lowest BCUT2D eigenvalue weighted by molar-refractivity contribution is 0.102. The van der Waals surface area contributed by atoms with Gasteiger partial charge in [-0.05, 0) is 56.2 Å². The Balaban J connectivity index is 1.70. The molecule has 0 spiro atoms. The van der Waals surface area contributed by atoms with Crippen molar-refractivity contribution in [2.45, 2.75) is 50.0 Å². The highest BCUT2D eigenvalue weighted by Gasteiger charge is 2.29. The smallest absolute Gasteiger partial charge is 0.255 e. The molecule has 1 N–H and O–H groups in total. The van der Waals surface area contributed by atoms with Gasteiger partial charge in [-0.1, -0.05) is 25.3 Å². The van der Waals surface area contributed by atoms with Gasteiger partial charge in [-0.3, -0.25) is 4.79 Å². The van der Waals surface area contributed by atoms with E-state index in [4.69, 9.17) is 4.74 Å². The predicted molar refractivity (Wildman–Crippen MR) is 114 cm³/mol. The molecule has 1 fully saturated rings. The first-order chi connectivity index (χ1) is 13.9. The number of rotatable bonds is 7. The van der Waals surface area contributed by atoms with Gasteiger partial charge in [0, 0.05) is 30.4 Å². The molecule has 1 saturated carbocycles. The molecule has 0 heterocycles. The fraction of sp³-hybridized carbons (Fsp3) is 0.409. The molecule has 0 aromatic heterocycles. The molecule has 156 valence electrons. The number of anilines is 1. The van der Waals surface area contributed by atoms with Crippen LogP contribution in [-0.2, 0) is 10.0 Å². The molecule has 0 saturated heterocycles. The van der Waals surface area contributed by atoms with Crippen LogP contribution in [0, 0.1) is 0 Å². The van der Waals surface area contributed by atoms with Crippen LogP contribution in [0.4, 0.5) is 5.69 Å². The fourth-order valence-corrected chi connectivity index (χ4v) is 5.03. The van der Waals surface area contributed by atoms with Crippen molar-refractivity contribution >= 4 is 21.6 Å². The zero-order valence-electron chi connectivity index (χ0n) is 16.9.